The first-order valence-electron chi connectivity index (χ1n) is 5.39. The minimum atomic E-state index is -1.42. The second kappa shape index (κ2) is 4.69. The Hall–Kier alpha value is -1.66. The lowest BCUT2D eigenvalue weighted by molar-refractivity contribution is 0.426. The van der Waals surface area contributed by atoms with Crippen molar-refractivity contribution in [3.8, 4) is 0 Å². The number of hydrogen-bond acceptors (Lipinski definition) is 4. The van der Waals surface area contributed by atoms with E-state index < -0.39 is 7.12 Å². The molecule has 0 aliphatic rings. The molecule has 1 aromatic carbocycles. The van der Waals surface area contributed by atoms with Gasteiger partial charge in [-0.05, 0) is 24.9 Å². The standard InChI is InChI=1S/C11H14BN3O2/c1-8-13-9(2)15(14-8)7-10-3-5-11(6-4-10)12(16)17/h3-6,16-17H,7H2,1-2H3. The van der Waals surface area contributed by atoms with Gasteiger partial charge in [-0.1, -0.05) is 24.3 Å². The van der Waals surface area contributed by atoms with Crippen molar-refractivity contribution < 1.29 is 10.0 Å². The van der Waals surface area contributed by atoms with Gasteiger partial charge in [0.1, 0.15) is 11.6 Å². The second-order valence-electron chi connectivity index (χ2n) is 3.98. The van der Waals surface area contributed by atoms with Gasteiger partial charge in [-0.15, -0.1) is 0 Å². The summed E-state index contributed by atoms with van der Waals surface area (Å²) >= 11 is 0. The van der Waals surface area contributed by atoms with Crippen LogP contribution < -0.4 is 5.46 Å². The molecule has 0 radical (unpaired) electrons. The van der Waals surface area contributed by atoms with E-state index in [9.17, 15) is 0 Å². The lowest BCUT2D eigenvalue weighted by atomic mass is 9.80. The highest BCUT2D eigenvalue weighted by Crippen LogP contribution is 2.03. The zero-order chi connectivity index (χ0) is 12.4. The Balaban J connectivity index is 2.16. The van der Waals surface area contributed by atoms with Gasteiger partial charge in [-0.3, -0.25) is 0 Å². The van der Waals surface area contributed by atoms with Crippen LogP contribution in [0.4, 0.5) is 0 Å². The highest BCUT2D eigenvalue weighted by molar-refractivity contribution is 6.58. The molecule has 0 saturated carbocycles. The summed E-state index contributed by atoms with van der Waals surface area (Å²) in [7, 11) is -1.42. The van der Waals surface area contributed by atoms with E-state index in [-0.39, 0.29) is 0 Å². The predicted octanol–water partition coefficient (Wildman–Crippen LogP) is -0.377. The molecule has 1 aromatic heterocycles. The third kappa shape index (κ3) is 2.72. The van der Waals surface area contributed by atoms with Gasteiger partial charge >= 0.3 is 7.12 Å². The largest absolute Gasteiger partial charge is 0.488 e. The van der Waals surface area contributed by atoms with Crippen LogP contribution in [0.1, 0.15) is 17.2 Å². The lowest BCUT2D eigenvalue weighted by Gasteiger charge is -2.05. The van der Waals surface area contributed by atoms with E-state index in [2.05, 4.69) is 10.1 Å². The molecule has 0 bridgehead atoms. The molecule has 0 saturated heterocycles. The van der Waals surface area contributed by atoms with Crippen LogP contribution in [-0.4, -0.2) is 31.9 Å². The molecule has 6 heteroatoms. The number of hydrogen-bond donors (Lipinski definition) is 2. The second-order valence-corrected chi connectivity index (χ2v) is 3.98. The summed E-state index contributed by atoms with van der Waals surface area (Å²) in [6.45, 7) is 4.40. The maximum absolute atomic E-state index is 8.98. The molecule has 0 aliphatic heterocycles. The van der Waals surface area contributed by atoms with E-state index >= 15 is 0 Å². The Kier molecular flexibility index (Phi) is 3.26. The number of nitrogens with zero attached hydrogens (tertiary/aromatic N) is 3. The summed E-state index contributed by atoms with van der Waals surface area (Å²) in [6.07, 6.45) is 0. The average Bonchev–Trinajstić information content (AvgIpc) is 2.58. The molecule has 1 heterocycles. The van der Waals surface area contributed by atoms with Gasteiger partial charge in [0.2, 0.25) is 0 Å². The van der Waals surface area contributed by atoms with E-state index in [0.717, 1.165) is 17.2 Å². The molecule has 0 atom stereocenters. The van der Waals surface area contributed by atoms with Gasteiger partial charge in [0, 0.05) is 0 Å². The van der Waals surface area contributed by atoms with Gasteiger partial charge in [-0.2, -0.15) is 5.10 Å². The molecule has 2 rings (SSSR count). The van der Waals surface area contributed by atoms with Crippen molar-refractivity contribution in [3.63, 3.8) is 0 Å². The van der Waals surface area contributed by atoms with E-state index in [0.29, 0.717) is 12.0 Å². The topological polar surface area (TPSA) is 71.2 Å². The van der Waals surface area contributed by atoms with Crippen molar-refractivity contribution in [1.29, 1.82) is 0 Å². The number of benzene rings is 1. The minimum Gasteiger partial charge on any atom is -0.423 e. The van der Waals surface area contributed by atoms with Crippen LogP contribution in [0.3, 0.4) is 0 Å². The number of rotatable bonds is 3. The van der Waals surface area contributed by atoms with Crippen molar-refractivity contribution in [2.24, 2.45) is 0 Å². The summed E-state index contributed by atoms with van der Waals surface area (Å²) in [6, 6.07) is 7.09. The van der Waals surface area contributed by atoms with Gasteiger partial charge < -0.3 is 10.0 Å². The van der Waals surface area contributed by atoms with E-state index in [1.807, 2.05) is 30.7 Å². The average molecular weight is 231 g/mol. The maximum atomic E-state index is 8.98. The van der Waals surface area contributed by atoms with Crippen molar-refractivity contribution in [3.05, 3.63) is 41.5 Å². The Morgan fingerprint density at radius 3 is 2.29 bits per heavy atom. The smallest absolute Gasteiger partial charge is 0.423 e. The molecule has 0 fully saturated rings. The molecule has 0 unspecified atom stereocenters. The van der Waals surface area contributed by atoms with Gasteiger partial charge in [0.25, 0.3) is 0 Å². The molecule has 88 valence electrons. The predicted molar refractivity (Wildman–Crippen MR) is 64.9 cm³/mol. The fraction of sp³-hybridized carbons (Fsp3) is 0.273. The Labute approximate surface area is 99.9 Å². The summed E-state index contributed by atoms with van der Waals surface area (Å²) in [4.78, 5) is 4.22. The summed E-state index contributed by atoms with van der Waals surface area (Å²) in [5.74, 6) is 1.62. The zero-order valence-electron chi connectivity index (χ0n) is 9.83. The summed E-state index contributed by atoms with van der Waals surface area (Å²) in [5.41, 5.74) is 1.53. The molecule has 0 amide bonds. The summed E-state index contributed by atoms with van der Waals surface area (Å²) < 4.78 is 1.82. The Bertz CT molecular complexity index is 508. The molecule has 17 heavy (non-hydrogen) atoms. The highest BCUT2D eigenvalue weighted by Gasteiger charge is 2.10. The van der Waals surface area contributed by atoms with Crippen molar-refractivity contribution in [1.82, 2.24) is 14.8 Å². The first kappa shape index (κ1) is 11.8. The van der Waals surface area contributed by atoms with Crippen LogP contribution in [-0.2, 0) is 6.54 Å². The highest BCUT2D eigenvalue weighted by atomic mass is 16.4. The lowest BCUT2D eigenvalue weighted by Crippen LogP contribution is -2.29. The van der Waals surface area contributed by atoms with Crippen LogP contribution in [0.25, 0.3) is 0 Å². The third-order valence-corrected chi connectivity index (χ3v) is 2.57. The van der Waals surface area contributed by atoms with Crippen molar-refractivity contribution >= 4 is 12.6 Å². The molecular weight excluding hydrogens is 217 g/mol. The fourth-order valence-electron chi connectivity index (χ4n) is 1.68. The number of aromatic nitrogens is 3. The Morgan fingerprint density at radius 1 is 1.18 bits per heavy atom. The maximum Gasteiger partial charge on any atom is 0.488 e. The fourth-order valence-corrected chi connectivity index (χ4v) is 1.68. The molecule has 0 spiro atoms. The summed E-state index contributed by atoms with van der Waals surface area (Å²) in [5, 5.41) is 22.2. The minimum absolute atomic E-state index is 0.486. The molecular formula is C11H14BN3O2. The van der Waals surface area contributed by atoms with Gasteiger partial charge in [0.15, 0.2) is 0 Å². The van der Waals surface area contributed by atoms with Crippen LogP contribution in [0.5, 0.6) is 0 Å². The van der Waals surface area contributed by atoms with Crippen molar-refractivity contribution in [2.45, 2.75) is 20.4 Å². The first-order valence-corrected chi connectivity index (χ1v) is 5.39. The van der Waals surface area contributed by atoms with Gasteiger partial charge in [-0.25, -0.2) is 9.67 Å². The molecule has 2 aromatic rings. The van der Waals surface area contributed by atoms with Crippen LogP contribution in [0, 0.1) is 13.8 Å². The SMILES string of the molecule is Cc1nc(C)n(Cc2ccc(B(O)O)cc2)n1. The van der Waals surface area contributed by atoms with E-state index in [1.165, 1.54) is 0 Å². The van der Waals surface area contributed by atoms with Crippen LogP contribution >= 0.6 is 0 Å². The van der Waals surface area contributed by atoms with E-state index in [1.54, 1.807) is 12.1 Å². The quantitative estimate of drug-likeness (QED) is 0.706. The monoisotopic (exact) mass is 231 g/mol. The van der Waals surface area contributed by atoms with Gasteiger partial charge in [0.05, 0.1) is 6.54 Å². The van der Waals surface area contributed by atoms with Crippen LogP contribution in [0.15, 0.2) is 24.3 Å². The number of aryl methyl sites for hydroxylation is 2. The van der Waals surface area contributed by atoms with Crippen molar-refractivity contribution in [2.75, 3.05) is 0 Å². The van der Waals surface area contributed by atoms with E-state index in [4.69, 9.17) is 10.0 Å². The normalized spacial score (nSPS) is 10.6. The Morgan fingerprint density at radius 2 is 1.82 bits per heavy atom. The molecule has 2 N–H and O–H groups in total. The molecule has 5 nitrogen and oxygen atoms in total. The molecule has 0 aliphatic carbocycles. The third-order valence-electron chi connectivity index (χ3n) is 2.57. The first-order chi connectivity index (χ1) is 8.06. The van der Waals surface area contributed by atoms with Crippen LogP contribution in [0.2, 0.25) is 0 Å². The zero-order valence-corrected chi connectivity index (χ0v) is 9.83.